The van der Waals surface area contributed by atoms with Gasteiger partial charge in [-0.05, 0) is 48.7 Å². The molecule has 2 aromatic carbocycles. The van der Waals surface area contributed by atoms with Crippen LogP contribution >= 0.6 is 15.9 Å². The molecule has 104 valence electrons. The van der Waals surface area contributed by atoms with Crippen molar-refractivity contribution in [2.45, 2.75) is 19.3 Å². The molecule has 1 aliphatic heterocycles. The molecule has 2 aromatic rings. The van der Waals surface area contributed by atoms with Gasteiger partial charge in [-0.1, -0.05) is 34.1 Å². The summed E-state index contributed by atoms with van der Waals surface area (Å²) in [4.78, 5) is 2.46. The largest absolute Gasteiger partial charge is 0.399 e. The van der Waals surface area contributed by atoms with E-state index in [1.165, 1.54) is 27.7 Å². The van der Waals surface area contributed by atoms with Crippen molar-refractivity contribution >= 4 is 27.3 Å². The van der Waals surface area contributed by atoms with E-state index in [2.05, 4.69) is 58.1 Å². The van der Waals surface area contributed by atoms with Crippen molar-refractivity contribution < 1.29 is 0 Å². The quantitative estimate of drug-likeness (QED) is 0.830. The average Bonchev–Trinajstić information content (AvgIpc) is 2.92. The van der Waals surface area contributed by atoms with Crippen molar-refractivity contribution in [3.63, 3.8) is 0 Å². The van der Waals surface area contributed by atoms with Gasteiger partial charge in [0.15, 0.2) is 0 Å². The molecule has 2 N–H and O–H groups in total. The predicted molar refractivity (Wildman–Crippen MR) is 89.3 cm³/mol. The monoisotopic (exact) mass is 330 g/mol. The minimum atomic E-state index is 0.607. The highest BCUT2D eigenvalue weighted by Gasteiger charge is 2.24. The third-order valence-corrected chi connectivity index (χ3v) is 4.97. The lowest BCUT2D eigenvalue weighted by molar-refractivity contribution is 0.775. The van der Waals surface area contributed by atoms with Gasteiger partial charge >= 0.3 is 0 Å². The van der Waals surface area contributed by atoms with E-state index in [1.807, 2.05) is 12.1 Å². The Balaban J connectivity index is 1.76. The molecule has 1 atom stereocenters. The second-order valence-corrected chi connectivity index (χ2v) is 6.39. The second-order valence-electron chi connectivity index (χ2n) is 5.53. The van der Waals surface area contributed by atoms with Gasteiger partial charge in [0.25, 0.3) is 0 Å². The number of halogens is 1. The summed E-state index contributed by atoms with van der Waals surface area (Å²) in [6.45, 7) is 4.32. The Labute approximate surface area is 128 Å². The predicted octanol–water partition coefficient (Wildman–Crippen LogP) is 4.33. The van der Waals surface area contributed by atoms with E-state index >= 15 is 0 Å². The molecule has 3 heteroatoms. The maximum Gasteiger partial charge on any atom is 0.0377 e. The molecule has 1 fully saturated rings. The number of rotatable bonds is 2. The van der Waals surface area contributed by atoms with E-state index in [-0.39, 0.29) is 0 Å². The molecule has 1 aliphatic rings. The fraction of sp³-hybridized carbons (Fsp3) is 0.294. The fourth-order valence-corrected chi connectivity index (χ4v) is 3.18. The van der Waals surface area contributed by atoms with Gasteiger partial charge in [0, 0.05) is 34.9 Å². The van der Waals surface area contributed by atoms with Gasteiger partial charge in [-0.15, -0.1) is 0 Å². The van der Waals surface area contributed by atoms with Crippen LogP contribution in [-0.2, 0) is 0 Å². The standard InChI is InChI=1S/C17H19BrN2/c1-12-2-7-16(10-17(12)18)20-9-8-14(11-20)13-3-5-15(19)6-4-13/h2-7,10,14H,8-9,11,19H2,1H3. The third-order valence-electron chi connectivity index (χ3n) is 4.12. The van der Waals surface area contributed by atoms with Crippen LogP contribution in [0.15, 0.2) is 46.9 Å². The van der Waals surface area contributed by atoms with Gasteiger partial charge in [-0.3, -0.25) is 0 Å². The molecule has 0 spiro atoms. The maximum absolute atomic E-state index is 5.76. The Morgan fingerprint density at radius 1 is 1.15 bits per heavy atom. The summed E-state index contributed by atoms with van der Waals surface area (Å²) in [5.41, 5.74) is 10.6. The first-order chi connectivity index (χ1) is 9.63. The molecular formula is C17H19BrN2. The van der Waals surface area contributed by atoms with Crippen LogP contribution < -0.4 is 10.6 Å². The van der Waals surface area contributed by atoms with E-state index in [1.54, 1.807) is 0 Å². The molecular weight excluding hydrogens is 312 g/mol. The summed E-state index contributed by atoms with van der Waals surface area (Å²) in [7, 11) is 0. The molecule has 1 unspecified atom stereocenters. The summed E-state index contributed by atoms with van der Waals surface area (Å²) < 4.78 is 1.19. The van der Waals surface area contributed by atoms with Crippen molar-refractivity contribution in [1.82, 2.24) is 0 Å². The van der Waals surface area contributed by atoms with Crippen LogP contribution in [0.5, 0.6) is 0 Å². The van der Waals surface area contributed by atoms with Crippen LogP contribution in [0.4, 0.5) is 11.4 Å². The minimum absolute atomic E-state index is 0.607. The van der Waals surface area contributed by atoms with Crippen molar-refractivity contribution in [2.75, 3.05) is 23.7 Å². The van der Waals surface area contributed by atoms with E-state index in [0.717, 1.165) is 18.8 Å². The molecule has 20 heavy (non-hydrogen) atoms. The van der Waals surface area contributed by atoms with Crippen LogP contribution in [-0.4, -0.2) is 13.1 Å². The van der Waals surface area contributed by atoms with E-state index in [0.29, 0.717) is 5.92 Å². The zero-order chi connectivity index (χ0) is 14.1. The molecule has 0 saturated carbocycles. The maximum atomic E-state index is 5.76. The molecule has 0 aromatic heterocycles. The van der Waals surface area contributed by atoms with E-state index < -0.39 is 0 Å². The molecule has 1 heterocycles. The topological polar surface area (TPSA) is 29.3 Å². The molecule has 0 radical (unpaired) electrons. The molecule has 2 nitrogen and oxygen atoms in total. The fourth-order valence-electron chi connectivity index (χ4n) is 2.81. The van der Waals surface area contributed by atoms with Gasteiger partial charge in [0.1, 0.15) is 0 Å². The Morgan fingerprint density at radius 3 is 2.60 bits per heavy atom. The highest BCUT2D eigenvalue weighted by atomic mass is 79.9. The lowest BCUT2D eigenvalue weighted by Crippen LogP contribution is -2.19. The van der Waals surface area contributed by atoms with Crippen molar-refractivity contribution in [3.05, 3.63) is 58.1 Å². The SMILES string of the molecule is Cc1ccc(N2CCC(c3ccc(N)cc3)C2)cc1Br. The lowest BCUT2D eigenvalue weighted by atomic mass is 9.98. The lowest BCUT2D eigenvalue weighted by Gasteiger charge is -2.19. The molecule has 0 aliphatic carbocycles. The van der Waals surface area contributed by atoms with E-state index in [4.69, 9.17) is 5.73 Å². The Bertz CT molecular complexity index is 607. The third kappa shape index (κ3) is 2.68. The summed E-state index contributed by atoms with van der Waals surface area (Å²) in [6.07, 6.45) is 1.20. The molecule has 3 rings (SSSR count). The zero-order valence-corrected chi connectivity index (χ0v) is 13.2. The van der Waals surface area contributed by atoms with E-state index in [9.17, 15) is 0 Å². The number of anilines is 2. The summed E-state index contributed by atoms with van der Waals surface area (Å²) >= 11 is 3.62. The summed E-state index contributed by atoms with van der Waals surface area (Å²) in [5, 5.41) is 0. The smallest absolute Gasteiger partial charge is 0.0377 e. The number of nitrogens with two attached hydrogens (primary N) is 1. The number of benzene rings is 2. The molecule has 1 saturated heterocycles. The van der Waals surface area contributed by atoms with Gasteiger partial charge in [-0.25, -0.2) is 0 Å². The highest BCUT2D eigenvalue weighted by Crippen LogP contribution is 2.32. The van der Waals surface area contributed by atoms with Crippen LogP contribution in [0.25, 0.3) is 0 Å². The van der Waals surface area contributed by atoms with Crippen LogP contribution in [0.1, 0.15) is 23.5 Å². The van der Waals surface area contributed by atoms with Crippen molar-refractivity contribution in [2.24, 2.45) is 0 Å². The highest BCUT2D eigenvalue weighted by molar-refractivity contribution is 9.10. The summed E-state index contributed by atoms with van der Waals surface area (Å²) in [5.74, 6) is 0.607. The van der Waals surface area contributed by atoms with Gasteiger partial charge < -0.3 is 10.6 Å². The van der Waals surface area contributed by atoms with Crippen molar-refractivity contribution in [1.29, 1.82) is 0 Å². The first kappa shape index (κ1) is 13.5. The average molecular weight is 331 g/mol. The minimum Gasteiger partial charge on any atom is -0.399 e. The number of hydrogen-bond acceptors (Lipinski definition) is 2. The zero-order valence-electron chi connectivity index (χ0n) is 11.6. The first-order valence-corrected chi connectivity index (χ1v) is 7.79. The summed E-state index contributed by atoms with van der Waals surface area (Å²) in [6, 6.07) is 14.9. The second kappa shape index (κ2) is 5.49. The number of nitrogens with zero attached hydrogens (tertiary/aromatic N) is 1. The first-order valence-electron chi connectivity index (χ1n) is 7.00. The number of hydrogen-bond donors (Lipinski definition) is 1. The molecule has 0 amide bonds. The number of nitrogen functional groups attached to an aromatic ring is 1. The van der Waals surface area contributed by atoms with Gasteiger partial charge in [0.2, 0.25) is 0 Å². The van der Waals surface area contributed by atoms with Gasteiger partial charge in [0.05, 0.1) is 0 Å². The van der Waals surface area contributed by atoms with Crippen LogP contribution in [0.3, 0.4) is 0 Å². The Morgan fingerprint density at radius 2 is 1.90 bits per heavy atom. The Hall–Kier alpha value is -1.48. The van der Waals surface area contributed by atoms with Gasteiger partial charge in [-0.2, -0.15) is 0 Å². The normalized spacial score (nSPS) is 18.5. The number of aryl methyl sites for hydroxylation is 1. The Kier molecular flexibility index (Phi) is 3.70. The van der Waals surface area contributed by atoms with Crippen LogP contribution in [0.2, 0.25) is 0 Å². The molecule has 0 bridgehead atoms. The van der Waals surface area contributed by atoms with Crippen LogP contribution in [0, 0.1) is 6.92 Å². The van der Waals surface area contributed by atoms with Crippen molar-refractivity contribution in [3.8, 4) is 0 Å².